The lowest BCUT2D eigenvalue weighted by atomic mass is 9.95. The third kappa shape index (κ3) is 3.56. The maximum atomic E-state index is 13.6. The number of amides is 1. The second-order valence-corrected chi connectivity index (χ2v) is 5.38. The van der Waals surface area contributed by atoms with Gasteiger partial charge in [0.05, 0.1) is 0 Å². The summed E-state index contributed by atoms with van der Waals surface area (Å²) < 4.78 is 40.3. The summed E-state index contributed by atoms with van der Waals surface area (Å²) in [5.41, 5.74) is -0.907. The van der Waals surface area contributed by atoms with Gasteiger partial charge in [0, 0.05) is 18.6 Å². The number of hydrogen-bond donors (Lipinski definition) is 2. The maximum Gasteiger partial charge on any atom is 0.257 e. The molecule has 0 heterocycles. The number of aliphatic hydroxyl groups excluding tert-OH is 1. The van der Waals surface area contributed by atoms with Gasteiger partial charge in [-0.1, -0.05) is 19.3 Å². The van der Waals surface area contributed by atoms with Crippen LogP contribution in [0.2, 0.25) is 0 Å². The molecule has 0 saturated heterocycles. The first-order chi connectivity index (χ1) is 10.0. The van der Waals surface area contributed by atoms with Gasteiger partial charge in [-0.05, 0) is 25.0 Å². The van der Waals surface area contributed by atoms with Gasteiger partial charge in [0.25, 0.3) is 5.91 Å². The predicted molar refractivity (Wildman–Crippen MR) is 71.2 cm³/mol. The van der Waals surface area contributed by atoms with E-state index in [1.807, 2.05) is 0 Å². The molecule has 0 unspecified atom stereocenters. The van der Waals surface area contributed by atoms with E-state index in [1.54, 1.807) is 0 Å². The molecule has 1 fully saturated rings. The van der Waals surface area contributed by atoms with Gasteiger partial charge in [0.1, 0.15) is 11.4 Å². The molecule has 2 N–H and O–H groups in total. The first-order valence-corrected chi connectivity index (χ1v) is 7.09. The average Bonchev–Trinajstić information content (AvgIpc) is 2.68. The van der Waals surface area contributed by atoms with Crippen molar-refractivity contribution in [3.05, 3.63) is 35.1 Å². The van der Waals surface area contributed by atoms with Gasteiger partial charge >= 0.3 is 0 Å². The summed E-state index contributed by atoms with van der Waals surface area (Å²) in [5, 5.41) is 11.9. The summed E-state index contributed by atoms with van der Waals surface area (Å²) in [5.74, 6) is -4.96. The van der Waals surface area contributed by atoms with Crippen molar-refractivity contribution in [3.8, 4) is 0 Å². The Kier molecular flexibility index (Phi) is 5.22. The number of halogens is 3. The molecule has 116 valence electrons. The highest BCUT2D eigenvalue weighted by Gasteiger charge is 2.28. The van der Waals surface area contributed by atoms with Gasteiger partial charge in [0.15, 0.2) is 11.6 Å². The van der Waals surface area contributed by atoms with E-state index in [4.69, 9.17) is 0 Å². The molecule has 0 aliphatic heterocycles. The Hall–Kier alpha value is -1.56. The normalized spacial score (nSPS) is 22.7. The molecule has 1 aromatic rings. The monoisotopic (exact) mass is 301 g/mol. The molecule has 1 aromatic carbocycles. The van der Waals surface area contributed by atoms with Crippen molar-refractivity contribution in [2.45, 2.75) is 38.1 Å². The Labute approximate surface area is 121 Å². The standard InChI is InChI=1S/C15H18F3NO2/c16-10-6-7-11(17)14(18)13(10)15(21)19-12-5-3-1-2-4-9(12)8-20/h6-7,9,12,20H,1-5,8H2,(H,19,21)/t9-,12-/m1/s1. The molecule has 2 rings (SSSR count). The predicted octanol–water partition coefficient (Wildman–Crippen LogP) is 2.77. The highest BCUT2D eigenvalue weighted by atomic mass is 19.2. The molecule has 6 heteroatoms. The lowest BCUT2D eigenvalue weighted by molar-refractivity contribution is 0.0890. The van der Waals surface area contributed by atoms with Gasteiger partial charge < -0.3 is 10.4 Å². The fraction of sp³-hybridized carbons (Fsp3) is 0.533. The van der Waals surface area contributed by atoms with Crippen LogP contribution < -0.4 is 5.32 Å². The highest BCUT2D eigenvalue weighted by Crippen LogP contribution is 2.24. The smallest absolute Gasteiger partial charge is 0.257 e. The van der Waals surface area contributed by atoms with E-state index >= 15 is 0 Å². The zero-order valence-corrected chi connectivity index (χ0v) is 11.5. The second kappa shape index (κ2) is 6.93. The average molecular weight is 301 g/mol. The van der Waals surface area contributed by atoms with Crippen molar-refractivity contribution >= 4 is 5.91 Å². The number of rotatable bonds is 3. The van der Waals surface area contributed by atoms with Crippen molar-refractivity contribution in [2.75, 3.05) is 6.61 Å². The van der Waals surface area contributed by atoms with Crippen LogP contribution in [0.1, 0.15) is 42.5 Å². The molecule has 21 heavy (non-hydrogen) atoms. The van der Waals surface area contributed by atoms with Crippen LogP contribution in [0.4, 0.5) is 13.2 Å². The zero-order valence-electron chi connectivity index (χ0n) is 11.5. The lowest BCUT2D eigenvalue weighted by Gasteiger charge is -2.24. The van der Waals surface area contributed by atoms with E-state index in [9.17, 15) is 23.1 Å². The maximum absolute atomic E-state index is 13.6. The fourth-order valence-electron chi connectivity index (χ4n) is 2.77. The number of carbonyl (C=O) groups excluding carboxylic acids is 1. The molecule has 1 aliphatic carbocycles. The number of hydrogen-bond acceptors (Lipinski definition) is 2. The topological polar surface area (TPSA) is 49.3 Å². The van der Waals surface area contributed by atoms with Gasteiger partial charge in [0.2, 0.25) is 0 Å². The second-order valence-electron chi connectivity index (χ2n) is 5.38. The summed E-state index contributed by atoms with van der Waals surface area (Å²) in [6.45, 7) is -0.0982. The van der Waals surface area contributed by atoms with Crippen LogP contribution in [0.3, 0.4) is 0 Å². The zero-order chi connectivity index (χ0) is 15.4. The van der Waals surface area contributed by atoms with Gasteiger partial charge in [-0.25, -0.2) is 13.2 Å². The molecule has 0 spiro atoms. The molecule has 3 nitrogen and oxygen atoms in total. The van der Waals surface area contributed by atoms with Gasteiger partial charge in [-0.3, -0.25) is 4.79 Å². The molecule has 0 aromatic heterocycles. The summed E-state index contributed by atoms with van der Waals surface area (Å²) in [6, 6.07) is 1.01. The first-order valence-electron chi connectivity index (χ1n) is 7.09. The number of aliphatic hydroxyl groups is 1. The molecule has 2 atom stereocenters. The first kappa shape index (κ1) is 15.8. The van der Waals surface area contributed by atoms with Gasteiger partial charge in [-0.15, -0.1) is 0 Å². The molecule has 0 radical (unpaired) electrons. The Morgan fingerprint density at radius 2 is 1.81 bits per heavy atom. The summed E-state index contributed by atoms with van der Waals surface area (Å²) in [4.78, 5) is 12.0. The molecule has 1 amide bonds. The molecule has 0 bridgehead atoms. The van der Waals surface area contributed by atoms with Crippen LogP contribution in [-0.4, -0.2) is 23.7 Å². The van der Waals surface area contributed by atoms with E-state index in [2.05, 4.69) is 5.32 Å². The van der Waals surface area contributed by atoms with Crippen molar-refractivity contribution in [1.82, 2.24) is 5.32 Å². The lowest BCUT2D eigenvalue weighted by Crippen LogP contribution is -2.41. The van der Waals surface area contributed by atoms with Crippen molar-refractivity contribution in [3.63, 3.8) is 0 Å². The van der Waals surface area contributed by atoms with E-state index in [-0.39, 0.29) is 18.6 Å². The minimum absolute atomic E-state index is 0.0982. The van der Waals surface area contributed by atoms with Crippen molar-refractivity contribution in [2.24, 2.45) is 5.92 Å². The SMILES string of the molecule is O=C(N[C@@H]1CCCCC[C@@H]1CO)c1c(F)ccc(F)c1F. The Morgan fingerprint density at radius 1 is 1.14 bits per heavy atom. The molecular weight excluding hydrogens is 283 g/mol. The van der Waals surface area contributed by atoms with Crippen LogP contribution in [0.15, 0.2) is 12.1 Å². The highest BCUT2D eigenvalue weighted by molar-refractivity contribution is 5.95. The van der Waals surface area contributed by atoms with Crippen LogP contribution in [0.5, 0.6) is 0 Å². The Balaban J connectivity index is 2.19. The van der Waals surface area contributed by atoms with E-state index in [1.165, 1.54) is 0 Å². The van der Waals surface area contributed by atoms with E-state index in [0.29, 0.717) is 12.5 Å². The quantitative estimate of drug-likeness (QED) is 0.666. The largest absolute Gasteiger partial charge is 0.396 e. The fourth-order valence-corrected chi connectivity index (χ4v) is 2.77. The van der Waals surface area contributed by atoms with Crippen molar-refractivity contribution in [1.29, 1.82) is 0 Å². The van der Waals surface area contributed by atoms with Crippen LogP contribution in [0, 0.1) is 23.4 Å². The summed E-state index contributed by atoms with van der Waals surface area (Å²) in [6.07, 6.45) is 4.19. The number of nitrogens with one attached hydrogen (secondary N) is 1. The van der Waals surface area contributed by atoms with Crippen LogP contribution >= 0.6 is 0 Å². The van der Waals surface area contributed by atoms with Crippen LogP contribution in [0.25, 0.3) is 0 Å². The minimum Gasteiger partial charge on any atom is -0.396 e. The number of carbonyl (C=O) groups is 1. The van der Waals surface area contributed by atoms with E-state index in [0.717, 1.165) is 31.7 Å². The third-order valence-corrected chi connectivity index (χ3v) is 3.98. The van der Waals surface area contributed by atoms with E-state index < -0.39 is 28.9 Å². The number of benzene rings is 1. The Morgan fingerprint density at radius 3 is 2.52 bits per heavy atom. The van der Waals surface area contributed by atoms with Gasteiger partial charge in [-0.2, -0.15) is 0 Å². The third-order valence-electron chi connectivity index (χ3n) is 3.98. The molecular formula is C15H18F3NO2. The summed E-state index contributed by atoms with van der Waals surface area (Å²) in [7, 11) is 0. The van der Waals surface area contributed by atoms with Crippen LogP contribution in [-0.2, 0) is 0 Å². The summed E-state index contributed by atoms with van der Waals surface area (Å²) >= 11 is 0. The molecule has 1 saturated carbocycles. The minimum atomic E-state index is -1.48. The molecule has 1 aliphatic rings. The van der Waals surface area contributed by atoms with Crippen molar-refractivity contribution < 1.29 is 23.1 Å². The Bertz CT molecular complexity index is 522.